The minimum absolute atomic E-state index is 0.153. The van der Waals surface area contributed by atoms with Crippen LogP contribution in [0.5, 0.6) is 17.4 Å². The number of halogens is 3. The number of hydrogen-bond donors (Lipinski definition) is 1. The number of rotatable bonds is 5. The van der Waals surface area contributed by atoms with E-state index in [0.717, 1.165) is 0 Å². The van der Waals surface area contributed by atoms with E-state index in [1.165, 1.54) is 18.2 Å². The fraction of sp³-hybridized carbons (Fsp3) is 0.300. The number of carbonyl (C=O) groups excluding carboxylic acids is 1. The van der Waals surface area contributed by atoms with Gasteiger partial charge in [0, 0.05) is 32.0 Å². The number of benzene rings is 1. The van der Waals surface area contributed by atoms with Gasteiger partial charge in [0.25, 0.3) is 17.6 Å². The molecule has 0 aliphatic carbocycles. The number of pyridine rings is 1. The second-order valence-corrected chi connectivity index (χ2v) is 6.95. The second kappa shape index (κ2) is 8.73. The van der Waals surface area contributed by atoms with Crippen molar-refractivity contribution in [3.63, 3.8) is 0 Å². The van der Waals surface area contributed by atoms with Crippen molar-refractivity contribution in [2.75, 3.05) is 20.2 Å². The molecule has 1 aliphatic heterocycles. The summed E-state index contributed by atoms with van der Waals surface area (Å²) < 4.78 is 56.5. The van der Waals surface area contributed by atoms with Gasteiger partial charge in [0.2, 0.25) is 11.7 Å². The third-order valence-electron chi connectivity index (χ3n) is 4.94. The van der Waals surface area contributed by atoms with Crippen molar-refractivity contribution in [2.24, 2.45) is 0 Å². The molecule has 0 bridgehead atoms. The summed E-state index contributed by atoms with van der Waals surface area (Å²) in [5, 5.41) is 12.8. The predicted octanol–water partition coefficient (Wildman–Crippen LogP) is 2.95. The molecule has 4 rings (SSSR count). The second-order valence-electron chi connectivity index (χ2n) is 6.95. The predicted molar refractivity (Wildman–Crippen MR) is 102 cm³/mol. The lowest BCUT2D eigenvalue weighted by Crippen LogP contribution is -2.42. The number of amides is 1. The van der Waals surface area contributed by atoms with Gasteiger partial charge in [-0.3, -0.25) is 4.79 Å². The van der Waals surface area contributed by atoms with Crippen molar-refractivity contribution >= 4 is 5.91 Å². The van der Waals surface area contributed by atoms with Crippen molar-refractivity contribution in [2.45, 2.75) is 18.9 Å². The molecule has 1 aliphatic rings. The van der Waals surface area contributed by atoms with Gasteiger partial charge in [-0.1, -0.05) is 5.16 Å². The summed E-state index contributed by atoms with van der Waals surface area (Å²) in [7, 11) is 1.54. The van der Waals surface area contributed by atoms with Crippen molar-refractivity contribution < 1.29 is 37.1 Å². The molecule has 0 saturated carbocycles. The fourth-order valence-electron chi connectivity index (χ4n) is 3.21. The van der Waals surface area contributed by atoms with E-state index in [-0.39, 0.29) is 11.9 Å². The number of carbonyl (C=O) groups is 1. The minimum atomic E-state index is -1.74. The van der Waals surface area contributed by atoms with Crippen molar-refractivity contribution in [1.82, 2.24) is 20.0 Å². The number of aromatic nitrogens is 3. The maximum Gasteiger partial charge on any atom is 0.295 e. The van der Waals surface area contributed by atoms with Crippen LogP contribution in [0.1, 0.15) is 23.5 Å². The number of nitrogens with zero attached hydrogens (tertiary/aromatic N) is 4. The van der Waals surface area contributed by atoms with Gasteiger partial charge in [0.05, 0.1) is 18.9 Å². The SMILES string of the molecule is COc1ccc(OC2CCN(C(=O)c3noc(-c4cc(F)c(F)c(O)c4F)n3)CC2)nc1. The molecule has 0 spiro atoms. The van der Waals surface area contributed by atoms with Gasteiger partial charge in [-0.2, -0.15) is 9.37 Å². The van der Waals surface area contributed by atoms with Crippen LogP contribution in [-0.4, -0.2) is 57.3 Å². The van der Waals surface area contributed by atoms with Crippen molar-refractivity contribution in [3.8, 4) is 28.8 Å². The monoisotopic (exact) mass is 450 g/mol. The van der Waals surface area contributed by atoms with Crippen LogP contribution >= 0.6 is 0 Å². The highest BCUT2D eigenvalue weighted by molar-refractivity contribution is 5.90. The smallest absolute Gasteiger partial charge is 0.295 e. The fourth-order valence-corrected chi connectivity index (χ4v) is 3.21. The van der Waals surface area contributed by atoms with E-state index in [9.17, 15) is 23.1 Å². The Kier molecular flexibility index (Phi) is 5.84. The lowest BCUT2D eigenvalue weighted by Gasteiger charge is -2.31. The molecular formula is C20H17F3N4O5. The van der Waals surface area contributed by atoms with Crippen molar-refractivity contribution in [3.05, 3.63) is 47.7 Å². The molecule has 3 heterocycles. The lowest BCUT2D eigenvalue weighted by atomic mass is 10.1. The van der Waals surface area contributed by atoms with Crippen molar-refractivity contribution in [1.29, 1.82) is 0 Å². The van der Waals surface area contributed by atoms with Gasteiger partial charge in [0.15, 0.2) is 17.4 Å². The average Bonchev–Trinajstić information content (AvgIpc) is 3.30. The first-order valence-electron chi connectivity index (χ1n) is 9.54. The highest BCUT2D eigenvalue weighted by atomic mass is 19.2. The molecule has 0 atom stereocenters. The standard InChI is InChI=1S/C20H17F3N4O5/c1-30-11-2-3-14(24-9-11)31-10-4-6-27(7-5-10)20(29)18-25-19(32-26-18)12-8-13(21)16(23)17(28)15(12)22/h2-3,8-10,28H,4-7H2,1H3. The Bertz CT molecular complexity index is 1130. The third kappa shape index (κ3) is 4.15. The molecular weight excluding hydrogens is 433 g/mol. The molecule has 1 aromatic carbocycles. The van der Waals surface area contributed by atoms with E-state index in [4.69, 9.17) is 14.0 Å². The van der Waals surface area contributed by atoms with Crippen LogP contribution in [0.4, 0.5) is 13.2 Å². The molecule has 32 heavy (non-hydrogen) atoms. The summed E-state index contributed by atoms with van der Waals surface area (Å²) >= 11 is 0. The molecule has 1 N–H and O–H groups in total. The van der Waals surface area contributed by atoms with Gasteiger partial charge in [-0.15, -0.1) is 0 Å². The molecule has 3 aromatic rings. The van der Waals surface area contributed by atoms with Gasteiger partial charge in [-0.05, 0) is 12.1 Å². The Labute approximate surface area is 179 Å². The number of aromatic hydroxyl groups is 1. The summed E-state index contributed by atoms with van der Waals surface area (Å²) in [5.41, 5.74) is -0.660. The van der Waals surface area contributed by atoms with Gasteiger partial charge in [0.1, 0.15) is 11.9 Å². The van der Waals surface area contributed by atoms with Crippen LogP contribution in [-0.2, 0) is 0 Å². The van der Waals surface area contributed by atoms with E-state index in [1.54, 1.807) is 12.1 Å². The molecule has 9 nitrogen and oxygen atoms in total. The molecule has 12 heteroatoms. The van der Waals surface area contributed by atoms with Crippen LogP contribution in [0.3, 0.4) is 0 Å². The van der Waals surface area contributed by atoms with E-state index in [0.29, 0.717) is 43.6 Å². The number of methoxy groups -OCH3 is 1. The number of phenols is 1. The highest BCUT2D eigenvalue weighted by Crippen LogP contribution is 2.32. The quantitative estimate of drug-likeness (QED) is 0.591. The van der Waals surface area contributed by atoms with Gasteiger partial charge in [-0.25, -0.2) is 13.8 Å². The van der Waals surface area contributed by atoms with E-state index >= 15 is 0 Å². The summed E-state index contributed by atoms with van der Waals surface area (Å²) in [6, 6.07) is 3.87. The summed E-state index contributed by atoms with van der Waals surface area (Å²) in [6.45, 7) is 0.674. The number of piperidine rings is 1. The maximum atomic E-state index is 14.1. The summed E-state index contributed by atoms with van der Waals surface area (Å²) in [5.74, 6) is -6.70. The number of likely N-dealkylation sites (tertiary alicyclic amines) is 1. The highest BCUT2D eigenvalue weighted by Gasteiger charge is 2.29. The third-order valence-corrected chi connectivity index (χ3v) is 4.94. The molecule has 0 unspecified atom stereocenters. The lowest BCUT2D eigenvalue weighted by molar-refractivity contribution is 0.0574. The Balaban J connectivity index is 1.39. The van der Waals surface area contributed by atoms with Crippen LogP contribution in [0.25, 0.3) is 11.5 Å². The molecule has 1 fully saturated rings. The zero-order chi connectivity index (χ0) is 22.8. The zero-order valence-corrected chi connectivity index (χ0v) is 16.7. The number of phenolic OH excluding ortho intramolecular Hbond substituents is 1. The Morgan fingerprint density at radius 3 is 2.62 bits per heavy atom. The van der Waals surface area contributed by atoms with Gasteiger partial charge < -0.3 is 24.0 Å². The number of ether oxygens (including phenoxy) is 2. The first-order chi connectivity index (χ1) is 15.4. The minimum Gasteiger partial charge on any atom is -0.503 e. The van der Waals surface area contributed by atoms with Crippen LogP contribution in [0, 0.1) is 17.5 Å². The molecule has 1 saturated heterocycles. The largest absolute Gasteiger partial charge is 0.503 e. The van der Waals surface area contributed by atoms with Crippen LogP contribution in [0.2, 0.25) is 0 Å². The molecule has 168 valence electrons. The normalized spacial score (nSPS) is 14.4. The first-order valence-corrected chi connectivity index (χ1v) is 9.54. The average molecular weight is 450 g/mol. The first kappa shape index (κ1) is 21.4. The Hall–Kier alpha value is -3.83. The summed E-state index contributed by atoms with van der Waals surface area (Å²) in [4.78, 5) is 22.0. The van der Waals surface area contributed by atoms with E-state index in [1.807, 2.05) is 0 Å². The maximum absolute atomic E-state index is 14.1. The Morgan fingerprint density at radius 1 is 1.22 bits per heavy atom. The molecule has 2 aromatic heterocycles. The number of hydrogen-bond acceptors (Lipinski definition) is 8. The van der Waals surface area contributed by atoms with E-state index < -0.39 is 40.6 Å². The topological polar surface area (TPSA) is 111 Å². The van der Waals surface area contributed by atoms with Crippen LogP contribution < -0.4 is 9.47 Å². The zero-order valence-electron chi connectivity index (χ0n) is 16.7. The molecule has 0 radical (unpaired) electrons. The molecule has 1 amide bonds. The van der Waals surface area contributed by atoms with Gasteiger partial charge >= 0.3 is 0 Å². The van der Waals surface area contributed by atoms with Crippen LogP contribution in [0.15, 0.2) is 28.9 Å². The summed E-state index contributed by atoms with van der Waals surface area (Å²) in [6.07, 6.45) is 2.43. The Morgan fingerprint density at radius 2 is 1.97 bits per heavy atom. The van der Waals surface area contributed by atoms with E-state index in [2.05, 4.69) is 15.1 Å².